The molecule has 0 N–H and O–H groups in total. The van der Waals surface area contributed by atoms with Gasteiger partial charge in [0.05, 0.1) is 18.2 Å². The number of esters is 2. The molecule has 1 aromatic carbocycles. The first-order valence-corrected chi connectivity index (χ1v) is 13.5. The van der Waals surface area contributed by atoms with Crippen molar-refractivity contribution in [2.75, 3.05) is 6.61 Å². The van der Waals surface area contributed by atoms with Gasteiger partial charge in [0.15, 0.2) is 0 Å². The van der Waals surface area contributed by atoms with E-state index in [2.05, 4.69) is 24.9 Å². The zero-order chi connectivity index (χ0) is 26.2. The SMILES string of the molecule is CCCC(=O)O[C@H]1CC[C@@]2(C)[C@@H]3C(=O)OC[C@H]3CC[C@@H]2[C@]1(C)/C=C/c1ccc(-c2cccc(F)c2)cn1. The van der Waals surface area contributed by atoms with Crippen LogP contribution in [0.5, 0.6) is 0 Å². The van der Waals surface area contributed by atoms with E-state index in [-0.39, 0.29) is 47.0 Å². The van der Waals surface area contributed by atoms with Crippen LogP contribution in [-0.2, 0) is 19.1 Å². The van der Waals surface area contributed by atoms with Gasteiger partial charge in [-0.05, 0) is 73.3 Å². The predicted molar refractivity (Wildman–Crippen MR) is 140 cm³/mol. The van der Waals surface area contributed by atoms with Gasteiger partial charge in [0.25, 0.3) is 0 Å². The second-order valence-corrected chi connectivity index (χ2v) is 11.5. The molecule has 3 fully saturated rings. The fraction of sp³-hybridized carbons (Fsp3) is 0.516. The minimum Gasteiger partial charge on any atom is -0.465 e. The summed E-state index contributed by atoms with van der Waals surface area (Å²) in [4.78, 5) is 30.0. The first-order chi connectivity index (χ1) is 17.7. The molecule has 0 unspecified atom stereocenters. The van der Waals surface area contributed by atoms with E-state index in [9.17, 15) is 14.0 Å². The van der Waals surface area contributed by atoms with Crippen LogP contribution < -0.4 is 0 Å². The quantitative estimate of drug-likeness (QED) is 0.413. The summed E-state index contributed by atoms with van der Waals surface area (Å²) in [6, 6.07) is 10.3. The second kappa shape index (κ2) is 10.0. The van der Waals surface area contributed by atoms with E-state index in [1.807, 2.05) is 31.2 Å². The van der Waals surface area contributed by atoms with Crippen LogP contribution in [-0.4, -0.2) is 29.6 Å². The number of carbonyl (C=O) groups is 2. The lowest BCUT2D eigenvalue weighted by molar-refractivity contribution is -0.179. The Hall–Kier alpha value is -3.02. The number of hydrogen-bond donors (Lipinski definition) is 0. The highest BCUT2D eigenvalue weighted by Gasteiger charge is 2.63. The lowest BCUT2D eigenvalue weighted by Crippen LogP contribution is -2.58. The van der Waals surface area contributed by atoms with Gasteiger partial charge in [0.2, 0.25) is 0 Å². The molecule has 6 atom stereocenters. The highest BCUT2D eigenvalue weighted by atomic mass is 19.1. The fourth-order valence-electron chi connectivity index (χ4n) is 7.32. The molecule has 0 bridgehead atoms. The predicted octanol–water partition coefficient (Wildman–Crippen LogP) is 6.62. The molecule has 0 radical (unpaired) electrons. The number of hydrogen-bond acceptors (Lipinski definition) is 5. The Balaban J connectivity index is 1.45. The number of pyridine rings is 1. The monoisotopic (exact) mass is 505 g/mol. The lowest BCUT2D eigenvalue weighted by Gasteiger charge is -2.59. The molecule has 2 aromatic rings. The van der Waals surface area contributed by atoms with Gasteiger partial charge in [-0.3, -0.25) is 14.6 Å². The van der Waals surface area contributed by atoms with E-state index in [1.54, 1.807) is 12.3 Å². The van der Waals surface area contributed by atoms with E-state index in [0.717, 1.165) is 42.5 Å². The molecule has 6 heteroatoms. The molecule has 5 nitrogen and oxygen atoms in total. The van der Waals surface area contributed by atoms with Crippen LogP contribution in [0, 0.1) is 34.4 Å². The number of halogens is 1. The number of nitrogens with zero attached hydrogens (tertiary/aromatic N) is 1. The number of benzene rings is 1. The third kappa shape index (κ3) is 4.71. The average molecular weight is 506 g/mol. The standard InChI is InChI=1S/C31H36FNO4/c1-4-6-27(34)37-26-14-16-31(3)25(12-10-22-19-36-29(35)28(22)31)30(26,2)15-13-24-11-9-21(18-33-24)20-7-5-8-23(32)17-20/h5,7-9,11,13,15,17-18,22,25-26,28H,4,6,10,12,14,16,19H2,1-3H3/b15-13+/t22-,25-,26+,28+,30+,31-/m1/s1. The first kappa shape index (κ1) is 25.6. The minimum atomic E-state index is -0.451. The molecule has 3 aliphatic rings. The van der Waals surface area contributed by atoms with Gasteiger partial charge in [-0.2, -0.15) is 0 Å². The maximum absolute atomic E-state index is 13.7. The van der Waals surface area contributed by atoms with Crippen molar-refractivity contribution in [2.45, 2.75) is 65.4 Å². The summed E-state index contributed by atoms with van der Waals surface area (Å²) in [6.45, 7) is 6.92. The molecule has 0 amide bonds. The molecular formula is C31H36FNO4. The van der Waals surface area contributed by atoms with Crippen molar-refractivity contribution in [3.8, 4) is 11.1 Å². The van der Waals surface area contributed by atoms with Crippen LogP contribution in [0.25, 0.3) is 17.2 Å². The average Bonchev–Trinajstić information content (AvgIpc) is 3.27. The number of cyclic esters (lactones) is 1. The molecular weight excluding hydrogens is 469 g/mol. The molecule has 196 valence electrons. The Bertz CT molecular complexity index is 1190. The zero-order valence-electron chi connectivity index (χ0n) is 21.9. The Kier molecular flexibility index (Phi) is 6.95. The van der Waals surface area contributed by atoms with Crippen molar-refractivity contribution in [1.82, 2.24) is 4.98 Å². The summed E-state index contributed by atoms with van der Waals surface area (Å²) in [6.07, 6.45) is 10.2. The van der Waals surface area contributed by atoms with Gasteiger partial charge in [-0.15, -0.1) is 0 Å². The molecule has 1 aromatic heterocycles. The Morgan fingerprint density at radius 3 is 2.76 bits per heavy atom. The van der Waals surface area contributed by atoms with E-state index in [0.29, 0.717) is 19.4 Å². The zero-order valence-corrected chi connectivity index (χ0v) is 21.9. The molecule has 37 heavy (non-hydrogen) atoms. The second-order valence-electron chi connectivity index (χ2n) is 11.5. The minimum absolute atomic E-state index is 0.0699. The van der Waals surface area contributed by atoms with Crippen LogP contribution in [0.3, 0.4) is 0 Å². The normalized spacial score (nSPS) is 33.0. The van der Waals surface area contributed by atoms with Crippen molar-refractivity contribution in [2.24, 2.45) is 28.6 Å². The molecule has 1 aliphatic heterocycles. The third-order valence-corrected chi connectivity index (χ3v) is 9.17. The van der Waals surface area contributed by atoms with Crippen molar-refractivity contribution < 1.29 is 23.5 Å². The lowest BCUT2D eigenvalue weighted by atomic mass is 9.45. The molecule has 2 heterocycles. The maximum Gasteiger partial charge on any atom is 0.309 e. The third-order valence-electron chi connectivity index (χ3n) is 9.17. The highest BCUT2D eigenvalue weighted by Crippen LogP contribution is 2.63. The van der Waals surface area contributed by atoms with Crippen LogP contribution in [0.4, 0.5) is 4.39 Å². The van der Waals surface area contributed by atoms with Gasteiger partial charge in [-0.25, -0.2) is 4.39 Å². The molecule has 5 rings (SSSR count). The number of rotatable bonds is 6. The first-order valence-electron chi connectivity index (χ1n) is 13.5. The summed E-state index contributed by atoms with van der Waals surface area (Å²) >= 11 is 0. The summed E-state index contributed by atoms with van der Waals surface area (Å²) in [5.74, 6) is -0.169. The number of aromatic nitrogens is 1. The molecule has 0 spiro atoms. The van der Waals surface area contributed by atoms with E-state index >= 15 is 0 Å². The Morgan fingerprint density at radius 1 is 1.19 bits per heavy atom. The number of fused-ring (bicyclic) bond motifs is 3. The van der Waals surface area contributed by atoms with Crippen LogP contribution in [0.2, 0.25) is 0 Å². The van der Waals surface area contributed by atoms with Crippen molar-refractivity contribution in [3.63, 3.8) is 0 Å². The topological polar surface area (TPSA) is 65.5 Å². The molecule has 2 aliphatic carbocycles. The van der Waals surface area contributed by atoms with Crippen molar-refractivity contribution in [3.05, 3.63) is 60.2 Å². The molecule has 1 saturated heterocycles. The summed E-state index contributed by atoms with van der Waals surface area (Å²) in [5, 5.41) is 0. The van der Waals surface area contributed by atoms with E-state index < -0.39 is 5.41 Å². The maximum atomic E-state index is 13.7. The van der Waals surface area contributed by atoms with Gasteiger partial charge in [-0.1, -0.05) is 45.0 Å². The summed E-state index contributed by atoms with van der Waals surface area (Å²) < 4.78 is 25.3. The number of ether oxygens (including phenoxy) is 2. The highest BCUT2D eigenvalue weighted by molar-refractivity contribution is 5.76. The van der Waals surface area contributed by atoms with E-state index in [1.165, 1.54) is 12.1 Å². The van der Waals surface area contributed by atoms with Crippen LogP contribution in [0.1, 0.15) is 65.0 Å². The largest absolute Gasteiger partial charge is 0.465 e. The van der Waals surface area contributed by atoms with Crippen molar-refractivity contribution >= 4 is 18.0 Å². The van der Waals surface area contributed by atoms with Gasteiger partial charge < -0.3 is 9.47 Å². The van der Waals surface area contributed by atoms with E-state index in [4.69, 9.17) is 9.47 Å². The van der Waals surface area contributed by atoms with Crippen molar-refractivity contribution in [1.29, 1.82) is 0 Å². The van der Waals surface area contributed by atoms with Gasteiger partial charge in [0.1, 0.15) is 11.9 Å². The number of carbonyl (C=O) groups excluding carboxylic acids is 2. The van der Waals surface area contributed by atoms with Gasteiger partial charge >= 0.3 is 11.9 Å². The fourth-order valence-corrected chi connectivity index (χ4v) is 7.32. The Morgan fingerprint density at radius 2 is 2.03 bits per heavy atom. The summed E-state index contributed by atoms with van der Waals surface area (Å²) in [7, 11) is 0. The smallest absolute Gasteiger partial charge is 0.309 e. The Labute approximate surface area is 218 Å². The van der Waals surface area contributed by atoms with Gasteiger partial charge in [0, 0.05) is 29.5 Å². The molecule has 2 saturated carbocycles. The summed E-state index contributed by atoms with van der Waals surface area (Å²) in [5.41, 5.74) is 1.74. The van der Waals surface area contributed by atoms with Crippen LogP contribution in [0.15, 0.2) is 48.7 Å². The van der Waals surface area contributed by atoms with Crippen LogP contribution >= 0.6 is 0 Å².